The molecular weight excluding hydrogens is 381 g/mol. The van der Waals surface area contributed by atoms with Gasteiger partial charge in [0, 0.05) is 11.3 Å². The predicted molar refractivity (Wildman–Crippen MR) is 114 cm³/mol. The Morgan fingerprint density at radius 3 is 2.33 bits per heavy atom. The lowest BCUT2D eigenvalue weighted by Gasteiger charge is -2.25. The van der Waals surface area contributed by atoms with Gasteiger partial charge in [-0.2, -0.15) is 0 Å². The third-order valence-electron chi connectivity index (χ3n) is 5.27. The second-order valence-electron chi connectivity index (χ2n) is 7.38. The lowest BCUT2D eigenvalue weighted by molar-refractivity contribution is -0.132. The maximum atomic E-state index is 13.7. The number of hydrogen-bond donors (Lipinski definition) is 1. The normalized spacial score (nSPS) is 18.1. The van der Waals surface area contributed by atoms with Crippen LogP contribution in [-0.2, 0) is 9.59 Å². The van der Waals surface area contributed by atoms with E-state index in [9.17, 15) is 19.1 Å². The van der Waals surface area contributed by atoms with Crippen molar-refractivity contribution in [2.75, 3.05) is 4.90 Å². The van der Waals surface area contributed by atoms with E-state index in [1.807, 2.05) is 55.5 Å². The van der Waals surface area contributed by atoms with Crippen LogP contribution in [0.3, 0.4) is 0 Å². The number of rotatable bonds is 3. The largest absolute Gasteiger partial charge is 0.507 e. The zero-order valence-electron chi connectivity index (χ0n) is 16.6. The number of aliphatic hydroxyl groups is 1. The molecule has 1 fully saturated rings. The Morgan fingerprint density at radius 2 is 1.67 bits per heavy atom. The van der Waals surface area contributed by atoms with Crippen LogP contribution in [0.15, 0.2) is 78.4 Å². The minimum Gasteiger partial charge on any atom is -0.507 e. The molecule has 1 aliphatic heterocycles. The molecular formula is C25H20FNO3. The highest BCUT2D eigenvalue weighted by Gasteiger charge is 2.46. The van der Waals surface area contributed by atoms with E-state index in [0.29, 0.717) is 16.8 Å². The lowest BCUT2D eigenvalue weighted by Crippen LogP contribution is -2.29. The molecule has 1 saturated heterocycles. The van der Waals surface area contributed by atoms with E-state index >= 15 is 0 Å². The van der Waals surface area contributed by atoms with Gasteiger partial charge in [-0.15, -0.1) is 0 Å². The van der Waals surface area contributed by atoms with E-state index in [2.05, 4.69) is 0 Å². The Balaban J connectivity index is 1.95. The van der Waals surface area contributed by atoms with Gasteiger partial charge in [0.15, 0.2) is 0 Å². The van der Waals surface area contributed by atoms with Gasteiger partial charge < -0.3 is 5.11 Å². The molecule has 1 heterocycles. The second kappa shape index (κ2) is 7.59. The molecule has 0 spiro atoms. The standard InChI is InChI=1S/C25H20FNO3/c1-15-7-6-10-19(13-15)27-22(17-8-4-3-5-9-17)21(24(29)25(27)30)23(28)18-11-12-20(26)16(2)14-18/h3-14,22,28H,1-2H3/b23-21-. The van der Waals surface area contributed by atoms with Crippen LogP contribution in [0.1, 0.15) is 28.3 Å². The molecule has 3 aromatic rings. The molecule has 4 rings (SSSR count). The van der Waals surface area contributed by atoms with Crippen molar-refractivity contribution in [3.63, 3.8) is 0 Å². The first-order valence-electron chi connectivity index (χ1n) is 9.57. The van der Waals surface area contributed by atoms with E-state index in [4.69, 9.17) is 0 Å². The average molecular weight is 401 g/mol. The van der Waals surface area contributed by atoms with Crippen LogP contribution in [0, 0.1) is 19.7 Å². The first-order valence-corrected chi connectivity index (χ1v) is 9.57. The van der Waals surface area contributed by atoms with Crippen LogP contribution < -0.4 is 4.90 Å². The number of carbonyl (C=O) groups excluding carboxylic acids is 2. The molecule has 30 heavy (non-hydrogen) atoms. The Labute approximate surface area is 173 Å². The molecule has 0 aromatic heterocycles. The van der Waals surface area contributed by atoms with Crippen LogP contribution in [0.2, 0.25) is 0 Å². The molecule has 1 atom stereocenters. The molecule has 1 aliphatic rings. The lowest BCUT2D eigenvalue weighted by atomic mass is 9.94. The van der Waals surface area contributed by atoms with Crippen molar-refractivity contribution >= 4 is 23.1 Å². The first kappa shape index (κ1) is 19.6. The number of Topliss-reactive ketones (excluding diaryl/α,β-unsaturated/α-hetero) is 1. The number of benzene rings is 3. The third kappa shape index (κ3) is 3.28. The van der Waals surface area contributed by atoms with Gasteiger partial charge in [-0.1, -0.05) is 42.5 Å². The number of hydrogen-bond acceptors (Lipinski definition) is 3. The molecule has 0 radical (unpaired) electrons. The Morgan fingerprint density at radius 1 is 0.933 bits per heavy atom. The van der Waals surface area contributed by atoms with Crippen molar-refractivity contribution in [3.8, 4) is 0 Å². The zero-order valence-corrected chi connectivity index (χ0v) is 16.6. The Kier molecular flexibility index (Phi) is 4.96. The van der Waals surface area contributed by atoms with E-state index in [0.717, 1.165) is 5.56 Å². The summed E-state index contributed by atoms with van der Waals surface area (Å²) < 4.78 is 13.7. The number of amides is 1. The molecule has 0 bridgehead atoms. The summed E-state index contributed by atoms with van der Waals surface area (Å²) in [6, 6.07) is 19.7. The Bertz CT molecular complexity index is 1180. The summed E-state index contributed by atoms with van der Waals surface area (Å²) in [6.45, 7) is 3.48. The van der Waals surface area contributed by atoms with Crippen LogP contribution in [0.4, 0.5) is 10.1 Å². The molecule has 1 amide bonds. The van der Waals surface area contributed by atoms with E-state index in [1.165, 1.54) is 23.1 Å². The van der Waals surface area contributed by atoms with Gasteiger partial charge in [-0.25, -0.2) is 4.39 Å². The third-order valence-corrected chi connectivity index (χ3v) is 5.27. The monoisotopic (exact) mass is 401 g/mol. The maximum absolute atomic E-state index is 13.7. The fourth-order valence-corrected chi connectivity index (χ4v) is 3.77. The zero-order chi connectivity index (χ0) is 21.4. The smallest absolute Gasteiger partial charge is 0.300 e. The molecule has 3 aromatic carbocycles. The molecule has 150 valence electrons. The van der Waals surface area contributed by atoms with Crippen LogP contribution >= 0.6 is 0 Å². The van der Waals surface area contributed by atoms with Crippen molar-refractivity contribution < 1.29 is 19.1 Å². The summed E-state index contributed by atoms with van der Waals surface area (Å²) in [5.74, 6) is -2.22. The quantitative estimate of drug-likeness (QED) is 0.379. The fourth-order valence-electron chi connectivity index (χ4n) is 3.77. The number of aryl methyl sites for hydroxylation is 2. The average Bonchev–Trinajstić information content (AvgIpc) is 3.01. The number of aliphatic hydroxyl groups excluding tert-OH is 1. The van der Waals surface area contributed by atoms with Gasteiger partial charge in [0.1, 0.15) is 11.6 Å². The highest BCUT2D eigenvalue weighted by molar-refractivity contribution is 6.51. The van der Waals surface area contributed by atoms with Crippen molar-refractivity contribution in [1.29, 1.82) is 0 Å². The van der Waals surface area contributed by atoms with Gasteiger partial charge in [-0.05, 0) is 60.9 Å². The second-order valence-corrected chi connectivity index (χ2v) is 7.38. The minimum absolute atomic E-state index is 0.0151. The van der Waals surface area contributed by atoms with Crippen molar-refractivity contribution in [1.82, 2.24) is 0 Å². The van der Waals surface area contributed by atoms with E-state index < -0.39 is 23.5 Å². The number of carbonyl (C=O) groups is 2. The van der Waals surface area contributed by atoms with Gasteiger partial charge in [0.05, 0.1) is 11.6 Å². The number of halogens is 1. The van der Waals surface area contributed by atoms with Crippen molar-refractivity contribution in [2.24, 2.45) is 0 Å². The molecule has 5 heteroatoms. The van der Waals surface area contributed by atoms with Gasteiger partial charge in [0.2, 0.25) is 0 Å². The minimum atomic E-state index is -0.793. The van der Waals surface area contributed by atoms with Gasteiger partial charge in [0.25, 0.3) is 11.7 Å². The van der Waals surface area contributed by atoms with Crippen LogP contribution in [0.5, 0.6) is 0 Å². The summed E-state index contributed by atoms with van der Waals surface area (Å²) in [5, 5.41) is 11.0. The number of nitrogens with zero attached hydrogens (tertiary/aromatic N) is 1. The van der Waals surface area contributed by atoms with Gasteiger partial charge >= 0.3 is 0 Å². The molecule has 1 unspecified atom stereocenters. The summed E-state index contributed by atoms with van der Waals surface area (Å²) in [6.07, 6.45) is 0. The maximum Gasteiger partial charge on any atom is 0.300 e. The van der Waals surface area contributed by atoms with Crippen LogP contribution in [-0.4, -0.2) is 16.8 Å². The van der Waals surface area contributed by atoms with Crippen molar-refractivity contribution in [2.45, 2.75) is 19.9 Å². The highest BCUT2D eigenvalue weighted by Crippen LogP contribution is 2.42. The summed E-state index contributed by atoms with van der Waals surface area (Å²) >= 11 is 0. The molecule has 1 N–H and O–H groups in total. The predicted octanol–water partition coefficient (Wildman–Crippen LogP) is 5.07. The highest BCUT2D eigenvalue weighted by atomic mass is 19.1. The first-order chi connectivity index (χ1) is 14.4. The summed E-state index contributed by atoms with van der Waals surface area (Å²) in [4.78, 5) is 27.5. The van der Waals surface area contributed by atoms with E-state index in [-0.39, 0.29) is 16.9 Å². The number of ketones is 1. The SMILES string of the molecule is Cc1cccc(N2C(=O)C(=O)/C(=C(\O)c3ccc(F)c(C)c3)C2c2ccccc2)c1. The van der Waals surface area contributed by atoms with Crippen molar-refractivity contribution in [3.05, 3.63) is 106 Å². The molecule has 4 nitrogen and oxygen atoms in total. The molecule has 0 saturated carbocycles. The van der Waals surface area contributed by atoms with Gasteiger partial charge in [-0.3, -0.25) is 14.5 Å². The topological polar surface area (TPSA) is 57.6 Å². The van der Waals surface area contributed by atoms with Crippen LogP contribution in [0.25, 0.3) is 5.76 Å². The summed E-state index contributed by atoms with van der Waals surface area (Å²) in [5.41, 5.74) is 2.81. The Hall–Kier alpha value is -3.73. The summed E-state index contributed by atoms with van der Waals surface area (Å²) in [7, 11) is 0. The molecule has 0 aliphatic carbocycles. The van der Waals surface area contributed by atoms with E-state index in [1.54, 1.807) is 13.0 Å². The number of anilines is 1. The fraction of sp³-hybridized carbons (Fsp3) is 0.120.